The number of nitrogens with one attached hydrogen (secondary N) is 6. The molecule has 0 aromatic carbocycles. The minimum atomic E-state index is -0.909. The summed E-state index contributed by atoms with van der Waals surface area (Å²) in [6.45, 7) is 16.4. The molecule has 2 atom stereocenters. The third kappa shape index (κ3) is 29.3. The number of ether oxygens (including phenoxy) is 3. The van der Waals surface area contributed by atoms with Gasteiger partial charge in [0.05, 0.1) is 49.4 Å². The molecule has 0 bridgehead atoms. The van der Waals surface area contributed by atoms with Crippen molar-refractivity contribution in [2.45, 2.75) is 128 Å². The summed E-state index contributed by atoms with van der Waals surface area (Å²) in [6.07, 6.45) is 7.97. The highest BCUT2D eigenvalue weighted by Gasteiger charge is 2.24. The van der Waals surface area contributed by atoms with Gasteiger partial charge in [0.2, 0.25) is 29.5 Å². The lowest BCUT2D eigenvalue weighted by Crippen LogP contribution is -2.53. The standard InChI is InChI=1S/C42H75N9O8S2/c1-31(45-8)39(56)51-33(38(44)55)27-46-26-32(43)28-57-30-40(2,3)29-50-34(52)14-10-9-12-20-47-35(53)16-18-41(4,5)58-23-19-42(6,7)59-24-22-48-36(54)17-25-60-61-37-15-11-13-21-49-37/h11,13,15,21,26,31,33,45-46H,9-10,12,14,16-20,22-25,27-30,43H2,1-8H3,(H2,44,55)(H,47,53)(H,48,54)(H,50,52)(H,51,56)/b32-26-/t31-,33+/m0/s1. The molecule has 1 aromatic heterocycles. The molecular weight excluding hydrogens is 823 g/mol. The predicted molar refractivity (Wildman–Crippen MR) is 243 cm³/mol. The van der Waals surface area contributed by atoms with Crippen LogP contribution in [0.3, 0.4) is 0 Å². The first kappa shape index (κ1) is 55.4. The van der Waals surface area contributed by atoms with E-state index < -0.39 is 29.2 Å². The summed E-state index contributed by atoms with van der Waals surface area (Å²) >= 11 is 0. The van der Waals surface area contributed by atoms with E-state index in [-0.39, 0.29) is 42.2 Å². The van der Waals surface area contributed by atoms with Crippen LogP contribution in [0.1, 0.15) is 99.8 Å². The smallest absolute Gasteiger partial charge is 0.241 e. The summed E-state index contributed by atoms with van der Waals surface area (Å²) in [5.41, 5.74) is 10.6. The zero-order chi connectivity index (χ0) is 45.7. The van der Waals surface area contributed by atoms with Crippen LogP contribution in [0, 0.1) is 5.41 Å². The van der Waals surface area contributed by atoms with E-state index in [2.05, 4.69) is 36.9 Å². The fourth-order valence-electron chi connectivity index (χ4n) is 5.20. The topological polar surface area (TPSA) is 250 Å². The molecule has 348 valence electrons. The van der Waals surface area contributed by atoms with Crippen molar-refractivity contribution in [1.82, 2.24) is 36.9 Å². The summed E-state index contributed by atoms with van der Waals surface area (Å²) in [5, 5.41) is 18.0. The van der Waals surface area contributed by atoms with Gasteiger partial charge in [0.25, 0.3) is 0 Å². The molecular formula is C42H75N9O8S2. The average molecular weight is 898 g/mol. The Hall–Kier alpha value is -3.62. The molecule has 19 heteroatoms. The molecule has 1 rings (SSSR count). The Labute approximate surface area is 371 Å². The third-order valence-corrected chi connectivity index (χ3v) is 11.6. The lowest BCUT2D eigenvalue weighted by Gasteiger charge is -2.29. The van der Waals surface area contributed by atoms with Crippen molar-refractivity contribution < 1.29 is 38.2 Å². The van der Waals surface area contributed by atoms with Crippen LogP contribution >= 0.6 is 21.6 Å². The molecule has 0 aliphatic carbocycles. The molecule has 1 heterocycles. The molecule has 0 spiro atoms. The molecule has 17 nitrogen and oxygen atoms in total. The van der Waals surface area contributed by atoms with Gasteiger partial charge in [-0.1, -0.05) is 37.1 Å². The second-order valence-electron chi connectivity index (χ2n) is 16.8. The summed E-state index contributed by atoms with van der Waals surface area (Å²) in [4.78, 5) is 65.1. The van der Waals surface area contributed by atoms with E-state index in [1.165, 1.54) is 6.20 Å². The average Bonchev–Trinajstić information content (AvgIpc) is 3.20. The van der Waals surface area contributed by atoms with Gasteiger partial charge >= 0.3 is 0 Å². The number of hydrogen-bond donors (Lipinski definition) is 8. The predicted octanol–water partition coefficient (Wildman–Crippen LogP) is 2.89. The minimum absolute atomic E-state index is 0.00448. The molecule has 10 N–H and O–H groups in total. The lowest BCUT2D eigenvalue weighted by atomic mass is 9.95. The van der Waals surface area contributed by atoms with Gasteiger partial charge in [0, 0.05) is 69.0 Å². The minimum Gasteiger partial charge on any atom is -0.399 e. The summed E-state index contributed by atoms with van der Waals surface area (Å²) < 4.78 is 17.9. The van der Waals surface area contributed by atoms with E-state index in [1.807, 2.05) is 59.7 Å². The van der Waals surface area contributed by atoms with Crippen LogP contribution in [0.4, 0.5) is 0 Å². The number of amides is 5. The van der Waals surface area contributed by atoms with E-state index in [1.54, 1.807) is 41.8 Å². The van der Waals surface area contributed by atoms with Gasteiger partial charge in [-0.15, -0.1) is 0 Å². The van der Waals surface area contributed by atoms with Gasteiger partial charge in [-0.3, -0.25) is 24.0 Å². The Bertz CT molecular complexity index is 1490. The van der Waals surface area contributed by atoms with Gasteiger partial charge in [-0.2, -0.15) is 0 Å². The summed E-state index contributed by atoms with van der Waals surface area (Å²) in [6, 6.07) is 4.37. The number of pyridine rings is 1. The quantitative estimate of drug-likeness (QED) is 0.0361. The highest BCUT2D eigenvalue weighted by Crippen LogP contribution is 2.29. The van der Waals surface area contributed by atoms with Crippen molar-refractivity contribution >= 4 is 51.1 Å². The largest absolute Gasteiger partial charge is 0.399 e. The Morgan fingerprint density at radius 2 is 1.51 bits per heavy atom. The van der Waals surface area contributed by atoms with Gasteiger partial charge < -0.3 is 57.6 Å². The monoisotopic (exact) mass is 898 g/mol. The number of primary amides is 1. The Kier molecular flexibility index (Phi) is 27.6. The molecule has 0 fully saturated rings. The number of likely N-dealkylation sites (N-methyl/N-ethyl adjacent to an activating group) is 1. The van der Waals surface area contributed by atoms with Crippen LogP contribution in [-0.4, -0.2) is 123 Å². The Morgan fingerprint density at radius 3 is 2.20 bits per heavy atom. The molecule has 0 saturated carbocycles. The molecule has 0 aliphatic heterocycles. The summed E-state index contributed by atoms with van der Waals surface area (Å²) in [7, 11) is 4.80. The Balaban J connectivity index is 2.13. The van der Waals surface area contributed by atoms with Crippen LogP contribution in [-0.2, 0) is 38.2 Å². The van der Waals surface area contributed by atoms with Gasteiger partial charge in [-0.05, 0) is 90.3 Å². The number of rotatable bonds is 35. The molecule has 0 radical (unpaired) electrons. The second kappa shape index (κ2) is 30.4. The SMILES string of the molecule is CN[C@@H](C)C(=O)N[C@H](CN/C=C(\N)COCC(C)(C)CNC(=O)CCCCCNC(=O)CCC(C)(C)OCCC(C)(C)OCCNC(=O)CCSSc1ccccn1)C(N)=O. The fourth-order valence-corrected chi connectivity index (χ4v) is 7.07. The number of nitrogens with zero attached hydrogens (tertiary/aromatic N) is 1. The van der Waals surface area contributed by atoms with Crippen LogP contribution < -0.4 is 43.4 Å². The van der Waals surface area contributed by atoms with Crippen molar-refractivity contribution in [2.24, 2.45) is 16.9 Å². The van der Waals surface area contributed by atoms with Gasteiger partial charge in [0.15, 0.2) is 0 Å². The van der Waals surface area contributed by atoms with E-state index in [0.717, 1.165) is 17.9 Å². The molecule has 61 heavy (non-hydrogen) atoms. The molecule has 0 aliphatic rings. The summed E-state index contributed by atoms with van der Waals surface area (Å²) in [5.74, 6) is -0.398. The third-order valence-electron chi connectivity index (χ3n) is 9.29. The van der Waals surface area contributed by atoms with Crippen molar-refractivity contribution in [3.63, 3.8) is 0 Å². The highest BCUT2D eigenvalue weighted by molar-refractivity contribution is 8.76. The number of carbonyl (C=O) groups is 5. The maximum Gasteiger partial charge on any atom is 0.241 e. The fraction of sp³-hybridized carbons (Fsp3) is 0.714. The van der Waals surface area contributed by atoms with Crippen LogP contribution in [0.2, 0.25) is 0 Å². The number of aromatic nitrogens is 1. The van der Waals surface area contributed by atoms with Crippen molar-refractivity contribution in [3.8, 4) is 0 Å². The maximum absolute atomic E-state index is 12.5. The number of carbonyl (C=O) groups excluding carboxylic acids is 5. The van der Waals surface area contributed by atoms with E-state index >= 15 is 0 Å². The molecule has 0 saturated heterocycles. The molecule has 0 unspecified atom stereocenters. The number of nitrogens with two attached hydrogens (primary N) is 2. The highest BCUT2D eigenvalue weighted by atomic mass is 33.1. The van der Waals surface area contributed by atoms with Crippen LogP contribution in [0.15, 0.2) is 41.3 Å². The first-order valence-corrected chi connectivity index (χ1v) is 23.4. The van der Waals surface area contributed by atoms with Crippen molar-refractivity contribution in [2.75, 3.05) is 65.4 Å². The number of unbranched alkanes of at least 4 members (excludes halogenated alkanes) is 2. The maximum atomic E-state index is 12.5. The normalized spacial score (nSPS) is 13.2. The lowest BCUT2D eigenvalue weighted by molar-refractivity contribution is -0.128. The zero-order valence-electron chi connectivity index (χ0n) is 37.7. The van der Waals surface area contributed by atoms with E-state index in [4.69, 9.17) is 25.7 Å². The second-order valence-corrected chi connectivity index (χ2v) is 19.3. The number of hydrogen-bond acceptors (Lipinski definition) is 14. The zero-order valence-corrected chi connectivity index (χ0v) is 39.4. The first-order valence-electron chi connectivity index (χ1n) is 21.1. The van der Waals surface area contributed by atoms with Crippen LogP contribution in [0.5, 0.6) is 0 Å². The Morgan fingerprint density at radius 1 is 0.836 bits per heavy atom. The van der Waals surface area contributed by atoms with Crippen molar-refractivity contribution in [3.05, 3.63) is 36.3 Å². The van der Waals surface area contributed by atoms with E-state index in [9.17, 15) is 24.0 Å². The molecule has 1 aromatic rings. The van der Waals surface area contributed by atoms with Crippen LogP contribution in [0.25, 0.3) is 0 Å². The van der Waals surface area contributed by atoms with E-state index in [0.29, 0.717) is 89.4 Å². The first-order chi connectivity index (χ1) is 28.7. The molecule has 5 amide bonds. The van der Waals surface area contributed by atoms with Gasteiger partial charge in [0.1, 0.15) is 11.1 Å². The van der Waals surface area contributed by atoms with Gasteiger partial charge in [-0.25, -0.2) is 4.98 Å². The van der Waals surface area contributed by atoms with Crippen molar-refractivity contribution in [1.29, 1.82) is 0 Å².